The first kappa shape index (κ1) is 17.5. The molecule has 132 valence electrons. The van der Waals surface area contributed by atoms with Gasteiger partial charge in [-0.2, -0.15) is 0 Å². The van der Waals surface area contributed by atoms with Gasteiger partial charge in [0.1, 0.15) is 11.6 Å². The lowest BCUT2D eigenvalue weighted by atomic mass is 9.88. The highest BCUT2D eigenvalue weighted by Crippen LogP contribution is 2.36. The van der Waals surface area contributed by atoms with Gasteiger partial charge in [-0.1, -0.05) is 30.3 Å². The summed E-state index contributed by atoms with van der Waals surface area (Å²) in [7, 11) is 0. The first-order valence-electron chi connectivity index (χ1n) is 8.46. The molecule has 2 aromatic rings. The van der Waals surface area contributed by atoms with E-state index in [1.54, 1.807) is 6.92 Å². The van der Waals surface area contributed by atoms with Crippen LogP contribution in [0.3, 0.4) is 0 Å². The molecule has 0 saturated carbocycles. The van der Waals surface area contributed by atoms with E-state index in [-0.39, 0.29) is 18.1 Å². The molecule has 3 nitrogen and oxygen atoms in total. The molecule has 25 heavy (non-hydrogen) atoms. The van der Waals surface area contributed by atoms with Crippen molar-refractivity contribution < 1.29 is 18.3 Å². The fourth-order valence-corrected chi connectivity index (χ4v) is 3.46. The zero-order valence-corrected chi connectivity index (χ0v) is 14.1. The molecule has 5 heteroatoms. The lowest BCUT2D eigenvalue weighted by Gasteiger charge is -2.18. The maximum atomic E-state index is 14.3. The Hall–Kier alpha value is -2.27. The second-order valence-corrected chi connectivity index (χ2v) is 6.31. The average molecular weight is 345 g/mol. The van der Waals surface area contributed by atoms with E-state index >= 15 is 0 Å². The van der Waals surface area contributed by atoms with Crippen LogP contribution in [0.5, 0.6) is 0 Å². The van der Waals surface area contributed by atoms with Gasteiger partial charge in [-0.05, 0) is 36.2 Å². The number of hydrogen-bond donors (Lipinski definition) is 0. The molecule has 3 rings (SSSR count). The van der Waals surface area contributed by atoms with Gasteiger partial charge in [-0.25, -0.2) is 8.78 Å². The first-order valence-corrected chi connectivity index (χ1v) is 8.46. The molecule has 1 saturated heterocycles. The summed E-state index contributed by atoms with van der Waals surface area (Å²) in [5.74, 6) is -2.26. The number of rotatable bonds is 5. The summed E-state index contributed by atoms with van der Waals surface area (Å²) in [4.78, 5) is 14.4. The van der Waals surface area contributed by atoms with Gasteiger partial charge < -0.3 is 4.74 Å². The van der Waals surface area contributed by atoms with Gasteiger partial charge in [0.25, 0.3) is 0 Å². The van der Waals surface area contributed by atoms with E-state index in [2.05, 4.69) is 4.90 Å². The number of esters is 1. The number of carbonyl (C=O) groups excluding carboxylic acids is 1. The third kappa shape index (κ3) is 4.04. The largest absolute Gasteiger partial charge is 0.466 e. The molecule has 2 atom stereocenters. The number of benzene rings is 2. The van der Waals surface area contributed by atoms with Gasteiger partial charge in [0.05, 0.1) is 12.5 Å². The summed E-state index contributed by atoms with van der Waals surface area (Å²) >= 11 is 0. The van der Waals surface area contributed by atoms with E-state index in [4.69, 9.17) is 4.74 Å². The molecule has 1 aliphatic rings. The molecule has 2 aromatic carbocycles. The SMILES string of the molecule is CCOC(=O)C1CN(Cc2ccccc2)CC1c1cc(F)ccc1F. The van der Waals surface area contributed by atoms with E-state index in [0.717, 1.165) is 17.7 Å². The Labute approximate surface area is 146 Å². The monoisotopic (exact) mass is 345 g/mol. The Morgan fingerprint density at radius 1 is 1.16 bits per heavy atom. The quantitative estimate of drug-likeness (QED) is 0.773. The van der Waals surface area contributed by atoms with Crippen LogP contribution in [0.4, 0.5) is 8.78 Å². The van der Waals surface area contributed by atoms with E-state index in [0.29, 0.717) is 19.6 Å². The number of ether oxygens (including phenoxy) is 1. The second kappa shape index (κ2) is 7.74. The molecule has 0 bridgehead atoms. The number of carbonyl (C=O) groups is 1. The van der Waals surface area contributed by atoms with Crippen molar-refractivity contribution in [1.29, 1.82) is 0 Å². The van der Waals surface area contributed by atoms with E-state index in [1.165, 1.54) is 6.07 Å². The zero-order valence-electron chi connectivity index (χ0n) is 14.1. The van der Waals surface area contributed by atoms with Crippen molar-refractivity contribution in [3.63, 3.8) is 0 Å². The van der Waals surface area contributed by atoms with Gasteiger partial charge >= 0.3 is 5.97 Å². The third-order valence-corrected chi connectivity index (χ3v) is 4.59. The van der Waals surface area contributed by atoms with Crippen molar-refractivity contribution in [1.82, 2.24) is 4.90 Å². The molecule has 0 radical (unpaired) electrons. The lowest BCUT2D eigenvalue weighted by molar-refractivity contribution is -0.148. The zero-order chi connectivity index (χ0) is 17.8. The first-order chi connectivity index (χ1) is 12.1. The van der Waals surface area contributed by atoms with Gasteiger partial charge in [0.15, 0.2) is 0 Å². The van der Waals surface area contributed by atoms with Crippen LogP contribution in [0.1, 0.15) is 24.0 Å². The fourth-order valence-electron chi connectivity index (χ4n) is 3.46. The molecule has 0 amide bonds. The molecule has 2 unspecified atom stereocenters. The smallest absolute Gasteiger partial charge is 0.310 e. The predicted octanol–water partition coefficient (Wildman–Crippen LogP) is 3.74. The molecular weight excluding hydrogens is 324 g/mol. The minimum absolute atomic E-state index is 0.244. The minimum atomic E-state index is -0.500. The molecule has 0 N–H and O–H groups in total. The van der Waals surface area contributed by atoms with Crippen molar-refractivity contribution in [3.05, 3.63) is 71.3 Å². The standard InChI is InChI=1S/C20H21F2NO2/c1-2-25-20(24)18-13-23(11-14-6-4-3-5-7-14)12-17(18)16-10-15(21)8-9-19(16)22/h3-10,17-18H,2,11-13H2,1H3. The third-order valence-electron chi connectivity index (χ3n) is 4.59. The van der Waals surface area contributed by atoms with Gasteiger partial charge in [-0.15, -0.1) is 0 Å². The van der Waals surface area contributed by atoms with Crippen LogP contribution in [0, 0.1) is 17.6 Å². The van der Waals surface area contributed by atoms with Gasteiger partial charge in [0, 0.05) is 25.6 Å². The van der Waals surface area contributed by atoms with Crippen molar-refractivity contribution in [2.24, 2.45) is 5.92 Å². The lowest BCUT2D eigenvalue weighted by Crippen LogP contribution is -2.25. The van der Waals surface area contributed by atoms with Crippen LogP contribution in [0.25, 0.3) is 0 Å². The summed E-state index contributed by atoms with van der Waals surface area (Å²) in [5.41, 5.74) is 1.36. The van der Waals surface area contributed by atoms with E-state index < -0.39 is 23.5 Å². The Balaban J connectivity index is 1.85. The molecule has 0 aliphatic carbocycles. The fraction of sp³-hybridized carbons (Fsp3) is 0.350. The molecule has 1 heterocycles. The number of nitrogens with zero attached hydrogens (tertiary/aromatic N) is 1. The molecule has 0 spiro atoms. The highest BCUT2D eigenvalue weighted by atomic mass is 19.1. The topological polar surface area (TPSA) is 29.5 Å². The number of hydrogen-bond acceptors (Lipinski definition) is 3. The van der Waals surface area contributed by atoms with Crippen LogP contribution in [-0.2, 0) is 16.1 Å². The molecule has 1 aliphatic heterocycles. The second-order valence-electron chi connectivity index (χ2n) is 6.31. The number of likely N-dealkylation sites (tertiary alicyclic amines) is 1. The van der Waals surface area contributed by atoms with Crippen molar-refractivity contribution in [2.75, 3.05) is 19.7 Å². The van der Waals surface area contributed by atoms with Crippen molar-refractivity contribution >= 4 is 5.97 Å². The number of halogens is 2. The summed E-state index contributed by atoms with van der Waals surface area (Å²) in [6, 6.07) is 13.3. The van der Waals surface area contributed by atoms with Crippen LogP contribution >= 0.6 is 0 Å². The summed E-state index contributed by atoms with van der Waals surface area (Å²) in [6.45, 7) is 3.62. The van der Waals surface area contributed by atoms with Crippen LogP contribution in [0.2, 0.25) is 0 Å². The minimum Gasteiger partial charge on any atom is -0.466 e. The van der Waals surface area contributed by atoms with E-state index in [9.17, 15) is 13.6 Å². The van der Waals surface area contributed by atoms with Crippen molar-refractivity contribution in [3.8, 4) is 0 Å². The van der Waals surface area contributed by atoms with Gasteiger partial charge in [0.2, 0.25) is 0 Å². The Kier molecular flexibility index (Phi) is 5.43. The van der Waals surface area contributed by atoms with Gasteiger partial charge in [-0.3, -0.25) is 9.69 Å². The van der Waals surface area contributed by atoms with Crippen LogP contribution in [0.15, 0.2) is 48.5 Å². The van der Waals surface area contributed by atoms with E-state index in [1.807, 2.05) is 30.3 Å². The maximum Gasteiger partial charge on any atom is 0.310 e. The molecule has 1 fully saturated rings. The highest BCUT2D eigenvalue weighted by Gasteiger charge is 2.40. The predicted molar refractivity (Wildman–Crippen MR) is 90.9 cm³/mol. The van der Waals surface area contributed by atoms with Crippen LogP contribution < -0.4 is 0 Å². The summed E-state index contributed by atoms with van der Waals surface area (Å²) < 4.78 is 33.0. The molecular formula is C20H21F2NO2. The summed E-state index contributed by atoms with van der Waals surface area (Å²) in [6.07, 6.45) is 0. The normalized spacial score (nSPS) is 20.6. The molecule has 0 aromatic heterocycles. The highest BCUT2D eigenvalue weighted by molar-refractivity contribution is 5.74. The Bertz CT molecular complexity index is 736. The Morgan fingerprint density at radius 2 is 1.92 bits per heavy atom. The van der Waals surface area contributed by atoms with Crippen molar-refractivity contribution in [2.45, 2.75) is 19.4 Å². The average Bonchev–Trinajstić information content (AvgIpc) is 3.02. The maximum absolute atomic E-state index is 14.3. The summed E-state index contributed by atoms with van der Waals surface area (Å²) in [5, 5.41) is 0. The van der Waals surface area contributed by atoms with Crippen LogP contribution in [-0.4, -0.2) is 30.6 Å². The Morgan fingerprint density at radius 3 is 2.64 bits per heavy atom.